The fraction of sp³-hybridized carbons (Fsp3) is 0.238. The first-order chi connectivity index (χ1) is 13.3. The van der Waals surface area contributed by atoms with Crippen molar-refractivity contribution in [3.05, 3.63) is 60.8 Å². The van der Waals surface area contributed by atoms with Gasteiger partial charge >= 0.3 is 0 Å². The quantitative estimate of drug-likeness (QED) is 0.661. The predicted octanol–water partition coefficient (Wildman–Crippen LogP) is 4.92. The third kappa shape index (κ3) is 3.71. The highest BCUT2D eigenvalue weighted by Crippen LogP contribution is 2.47. The number of carbonyl (C=O) groups is 1. The second kappa shape index (κ2) is 7.88. The molecule has 0 spiro atoms. The van der Waals surface area contributed by atoms with E-state index in [-0.39, 0.29) is 5.91 Å². The van der Waals surface area contributed by atoms with E-state index >= 15 is 0 Å². The Hall–Kier alpha value is -2.73. The van der Waals surface area contributed by atoms with Gasteiger partial charge in [-0.05, 0) is 30.7 Å². The maximum atomic E-state index is 12.5. The van der Waals surface area contributed by atoms with Gasteiger partial charge in [-0.3, -0.25) is 4.79 Å². The first-order valence-electron chi connectivity index (χ1n) is 9.21. The minimum atomic E-state index is 0.000965. The lowest BCUT2D eigenvalue weighted by atomic mass is 10.2. The summed E-state index contributed by atoms with van der Waals surface area (Å²) in [4.78, 5) is 17.2. The Balaban J connectivity index is 1.49. The van der Waals surface area contributed by atoms with Gasteiger partial charge in [-0.15, -0.1) is 0 Å². The molecule has 0 aliphatic carbocycles. The fourth-order valence-electron chi connectivity index (χ4n) is 3.27. The number of anilines is 3. The van der Waals surface area contributed by atoms with E-state index in [4.69, 9.17) is 0 Å². The van der Waals surface area contributed by atoms with Crippen molar-refractivity contribution in [3.63, 3.8) is 0 Å². The molecule has 0 unspecified atom stereocenters. The highest BCUT2D eigenvalue weighted by molar-refractivity contribution is 7.99. The molecule has 2 aromatic carbocycles. The normalized spacial score (nSPS) is 12.4. The summed E-state index contributed by atoms with van der Waals surface area (Å²) in [5.41, 5.74) is 2.31. The van der Waals surface area contributed by atoms with Gasteiger partial charge in [0, 0.05) is 35.4 Å². The number of aryl methyl sites for hydroxylation is 1. The van der Waals surface area contributed by atoms with Crippen LogP contribution in [0.3, 0.4) is 0 Å². The van der Waals surface area contributed by atoms with Crippen molar-refractivity contribution in [2.45, 2.75) is 36.1 Å². The molecular weight excluding hydrogens is 356 g/mol. The standard InChI is InChI=1S/C21H22N4OS/c1-2-14-25-20(11-13-22-25)23-21(26)12-15-24-16-7-3-5-9-18(16)27-19-10-6-4-8-17(19)24/h3-11,13H,2,12,14-15H2,1H3,(H,23,26). The van der Waals surface area contributed by atoms with Gasteiger partial charge in [-0.2, -0.15) is 5.10 Å². The molecule has 1 aliphatic heterocycles. The zero-order valence-electron chi connectivity index (χ0n) is 15.3. The van der Waals surface area contributed by atoms with Crippen LogP contribution < -0.4 is 10.2 Å². The Morgan fingerprint density at radius 2 is 1.67 bits per heavy atom. The predicted molar refractivity (Wildman–Crippen MR) is 110 cm³/mol. The van der Waals surface area contributed by atoms with Crippen LogP contribution in [-0.2, 0) is 11.3 Å². The van der Waals surface area contributed by atoms with Crippen LogP contribution in [0.2, 0.25) is 0 Å². The summed E-state index contributed by atoms with van der Waals surface area (Å²) in [5, 5.41) is 7.25. The third-order valence-electron chi connectivity index (χ3n) is 4.51. The number of aromatic nitrogens is 2. The molecule has 1 N–H and O–H groups in total. The van der Waals surface area contributed by atoms with Crippen LogP contribution in [0.1, 0.15) is 19.8 Å². The molecule has 0 radical (unpaired) electrons. The number of para-hydroxylation sites is 2. The van der Waals surface area contributed by atoms with E-state index in [0.29, 0.717) is 13.0 Å². The summed E-state index contributed by atoms with van der Waals surface area (Å²) in [5.74, 6) is 0.762. The van der Waals surface area contributed by atoms with Crippen molar-refractivity contribution < 1.29 is 4.79 Å². The lowest BCUT2D eigenvalue weighted by molar-refractivity contribution is -0.116. The van der Waals surface area contributed by atoms with E-state index in [2.05, 4.69) is 58.6 Å². The number of nitrogens with one attached hydrogen (secondary N) is 1. The van der Waals surface area contributed by atoms with Gasteiger partial charge in [0.05, 0.1) is 17.6 Å². The summed E-state index contributed by atoms with van der Waals surface area (Å²) < 4.78 is 1.83. The van der Waals surface area contributed by atoms with Crippen LogP contribution in [0.5, 0.6) is 0 Å². The van der Waals surface area contributed by atoms with Crippen LogP contribution in [0.4, 0.5) is 17.2 Å². The van der Waals surface area contributed by atoms with E-state index in [1.165, 1.54) is 9.79 Å². The van der Waals surface area contributed by atoms with Crippen LogP contribution in [0, 0.1) is 0 Å². The van der Waals surface area contributed by atoms with Crippen molar-refractivity contribution in [2.75, 3.05) is 16.8 Å². The summed E-state index contributed by atoms with van der Waals surface area (Å²) in [7, 11) is 0. The van der Waals surface area contributed by atoms with Crippen molar-refractivity contribution in [2.24, 2.45) is 0 Å². The number of fused-ring (bicyclic) bond motifs is 2. The molecule has 5 nitrogen and oxygen atoms in total. The first kappa shape index (κ1) is 17.7. The molecule has 0 bridgehead atoms. The van der Waals surface area contributed by atoms with Gasteiger partial charge in [-0.1, -0.05) is 43.0 Å². The van der Waals surface area contributed by atoms with Gasteiger partial charge in [0.15, 0.2) is 0 Å². The topological polar surface area (TPSA) is 50.2 Å². The van der Waals surface area contributed by atoms with Crippen LogP contribution in [0.15, 0.2) is 70.6 Å². The SMILES string of the molecule is CCCn1nccc1NC(=O)CCN1c2ccccc2Sc2ccccc21. The molecule has 6 heteroatoms. The number of benzene rings is 2. The van der Waals surface area contributed by atoms with Gasteiger partial charge in [0.1, 0.15) is 5.82 Å². The average molecular weight is 379 g/mol. The minimum Gasteiger partial charge on any atom is -0.339 e. The maximum absolute atomic E-state index is 12.5. The minimum absolute atomic E-state index is 0.000965. The van der Waals surface area contributed by atoms with Crippen molar-refractivity contribution in [3.8, 4) is 0 Å². The lowest BCUT2D eigenvalue weighted by Gasteiger charge is -2.32. The van der Waals surface area contributed by atoms with E-state index in [1.807, 2.05) is 22.9 Å². The molecule has 1 aliphatic rings. The fourth-order valence-corrected chi connectivity index (χ4v) is 4.37. The highest BCUT2D eigenvalue weighted by Gasteiger charge is 2.23. The number of carbonyl (C=O) groups excluding carboxylic acids is 1. The Kier molecular flexibility index (Phi) is 5.16. The molecular formula is C21H22N4OS. The Morgan fingerprint density at radius 1 is 1.00 bits per heavy atom. The zero-order valence-corrected chi connectivity index (χ0v) is 16.1. The smallest absolute Gasteiger partial charge is 0.227 e. The van der Waals surface area contributed by atoms with Gasteiger partial charge in [0.25, 0.3) is 0 Å². The number of amides is 1. The number of hydrogen-bond donors (Lipinski definition) is 1. The highest BCUT2D eigenvalue weighted by atomic mass is 32.2. The van der Waals surface area contributed by atoms with E-state index in [1.54, 1.807) is 18.0 Å². The van der Waals surface area contributed by atoms with E-state index < -0.39 is 0 Å². The van der Waals surface area contributed by atoms with Gasteiger partial charge < -0.3 is 10.2 Å². The molecule has 3 aromatic rings. The second-order valence-electron chi connectivity index (χ2n) is 6.43. The molecule has 0 fully saturated rings. The molecule has 4 rings (SSSR count). The Bertz CT molecular complexity index is 907. The summed E-state index contributed by atoms with van der Waals surface area (Å²) >= 11 is 1.78. The van der Waals surface area contributed by atoms with Gasteiger partial charge in [0.2, 0.25) is 5.91 Å². The molecule has 138 valence electrons. The van der Waals surface area contributed by atoms with E-state index in [0.717, 1.165) is 30.2 Å². The van der Waals surface area contributed by atoms with Crippen molar-refractivity contribution in [1.29, 1.82) is 0 Å². The number of hydrogen-bond acceptors (Lipinski definition) is 4. The lowest BCUT2D eigenvalue weighted by Crippen LogP contribution is -2.26. The van der Waals surface area contributed by atoms with Gasteiger partial charge in [-0.25, -0.2) is 4.68 Å². The average Bonchev–Trinajstić information content (AvgIpc) is 3.12. The summed E-state index contributed by atoms with van der Waals surface area (Å²) in [6, 6.07) is 18.5. The monoisotopic (exact) mass is 378 g/mol. The van der Waals surface area contributed by atoms with Crippen LogP contribution in [-0.4, -0.2) is 22.2 Å². The Morgan fingerprint density at radius 3 is 2.33 bits per heavy atom. The summed E-state index contributed by atoms with van der Waals surface area (Å²) in [6.07, 6.45) is 3.10. The summed E-state index contributed by atoms with van der Waals surface area (Å²) in [6.45, 7) is 3.52. The first-order valence-corrected chi connectivity index (χ1v) is 10.0. The molecule has 27 heavy (non-hydrogen) atoms. The third-order valence-corrected chi connectivity index (χ3v) is 5.64. The molecule has 0 saturated carbocycles. The molecule has 1 amide bonds. The number of rotatable bonds is 6. The second-order valence-corrected chi connectivity index (χ2v) is 7.51. The molecule has 0 atom stereocenters. The van der Waals surface area contributed by atoms with Crippen molar-refractivity contribution in [1.82, 2.24) is 9.78 Å². The molecule has 1 aromatic heterocycles. The van der Waals surface area contributed by atoms with Crippen LogP contribution >= 0.6 is 11.8 Å². The van der Waals surface area contributed by atoms with E-state index in [9.17, 15) is 4.79 Å². The largest absolute Gasteiger partial charge is 0.339 e. The maximum Gasteiger partial charge on any atom is 0.227 e. The Labute approximate surface area is 163 Å². The van der Waals surface area contributed by atoms with Crippen molar-refractivity contribution >= 4 is 34.9 Å². The van der Waals surface area contributed by atoms with Crippen LogP contribution in [0.25, 0.3) is 0 Å². The number of nitrogens with zero attached hydrogens (tertiary/aromatic N) is 3. The zero-order chi connectivity index (χ0) is 18.6. The molecule has 2 heterocycles. The molecule has 0 saturated heterocycles.